The van der Waals surface area contributed by atoms with Crippen LogP contribution < -0.4 is 5.32 Å². The quantitative estimate of drug-likeness (QED) is 0.648. The number of allylic oxidation sites excluding steroid dienone is 1. The zero-order valence-corrected chi connectivity index (χ0v) is 17.2. The van der Waals surface area contributed by atoms with Crippen LogP contribution in [0, 0.1) is 6.92 Å². The van der Waals surface area contributed by atoms with E-state index in [0.29, 0.717) is 12.1 Å². The molecule has 5 heteroatoms. The molecule has 30 heavy (non-hydrogen) atoms. The summed E-state index contributed by atoms with van der Waals surface area (Å²) < 4.78 is 5.34. The van der Waals surface area contributed by atoms with Crippen LogP contribution in [0.25, 0.3) is 22.6 Å². The largest absolute Gasteiger partial charge is 0.452 e. The Morgan fingerprint density at radius 3 is 2.63 bits per heavy atom. The molecule has 0 bridgehead atoms. The second-order valence-corrected chi connectivity index (χ2v) is 7.44. The Morgan fingerprint density at radius 1 is 1.10 bits per heavy atom. The number of benzene rings is 2. The molecule has 0 atom stereocenters. The van der Waals surface area contributed by atoms with Crippen LogP contribution in [0.3, 0.4) is 0 Å². The summed E-state index contributed by atoms with van der Waals surface area (Å²) in [6, 6.07) is 15.9. The number of aryl methyl sites for hydroxylation is 1. The zero-order chi connectivity index (χ0) is 21.1. The van der Waals surface area contributed by atoms with Gasteiger partial charge in [-0.2, -0.15) is 0 Å². The molecule has 2 aromatic carbocycles. The number of likely N-dealkylation sites (N-methyl/N-ethyl adjacent to an activating group) is 1. The van der Waals surface area contributed by atoms with Crippen LogP contribution in [0.5, 0.6) is 0 Å². The molecular weight excluding hydrogens is 376 g/mol. The summed E-state index contributed by atoms with van der Waals surface area (Å²) in [7, 11) is 0. The molecule has 0 radical (unpaired) electrons. The van der Waals surface area contributed by atoms with Crippen molar-refractivity contribution in [1.29, 1.82) is 0 Å². The number of hydrogen-bond donors (Lipinski definition) is 1. The van der Waals surface area contributed by atoms with Gasteiger partial charge in [-0.05, 0) is 55.5 Å². The lowest BCUT2D eigenvalue weighted by molar-refractivity contribution is -0.124. The Kier molecular flexibility index (Phi) is 5.61. The third-order valence-corrected chi connectivity index (χ3v) is 5.27. The first-order valence-corrected chi connectivity index (χ1v) is 10.2. The molecule has 152 valence electrons. The fourth-order valence-corrected chi connectivity index (χ4v) is 3.83. The molecule has 0 saturated carbocycles. The molecule has 0 unspecified atom stereocenters. The normalized spacial score (nSPS) is 14.0. The van der Waals surface area contributed by atoms with Crippen molar-refractivity contribution >= 4 is 34.4 Å². The van der Waals surface area contributed by atoms with Gasteiger partial charge in [-0.3, -0.25) is 4.79 Å². The Bertz CT molecular complexity index is 1150. The van der Waals surface area contributed by atoms with Crippen LogP contribution in [-0.4, -0.2) is 30.0 Å². The molecule has 0 spiro atoms. The van der Waals surface area contributed by atoms with Crippen LogP contribution in [0.4, 0.5) is 0 Å². The van der Waals surface area contributed by atoms with Gasteiger partial charge >= 0.3 is 5.97 Å². The lowest BCUT2D eigenvalue weighted by Crippen LogP contribution is -2.28. The van der Waals surface area contributed by atoms with Gasteiger partial charge in [-0.15, -0.1) is 0 Å². The summed E-state index contributed by atoms with van der Waals surface area (Å²) in [6.07, 6.45) is 3.66. The van der Waals surface area contributed by atoms with Crippen LogP contribution in [0.2, 0.25) is 0 Å². The van der Waals surface area contributed by atoms with Gasteiger partial charge in [0.25, 0.3) is 5.91 Å². The summed E-state index contributed by atoms with van der Waals surface area (Å²) in [4.78, 5) is 29.6. The average molecular weight is 400 g/mol. The lowest BCUT2D eigenvalue weighted by Gasteiger charge is -2.12. The number of esters is 1. The fraction of sp³-hybridized carbons (Fsp3) is 0.240. The van der Waals surface area contributed by atoms with E-state index in [1.807, 2.05) is 31.2 Å². The van der Waals surface area contributed by atoms with E-state index in [1.165, 1.54) is 5.56 Å². The van der Waals surface area contributed by atoms with Crippen molar-refractivity contribution in [3.05, 3.63) is 76.5 Å². The maximum atomic E-state index is 13.0. The number of carbonyl (C=O) groups excluding carboxylic acids is 2. The van der Waals surface area contributed by atoms with Gasteiger partial charge in [-0.25, -0.2) is 9.78 Å². The number of rotatable bonds is 5. The highest BCUT2D eigenvalue weighted by atomic mass is 16.5. The van der Waals surface area contributed by atoms with Crippen LogP contribution >= 0.6 is 0 Å². The monoisotopic (exact) mass is 400 g/mol. The van der Waals surface area contributed by atoms with E-state index in [2.05, 4.69) is 42.6 Å². The Morgan fingerprint density at radius 2 is 1.87 bits per heavy atom. The van der Waals surface area contributed by atoms with Crippen LogP contribution in [0.1, 0.15) is 46.1 Å². The van der Waals surface area contributed by atoms with Crippen molar-refractivity contribution < 1.29 is 14.3 Å². The molecule has 1 aromatic heterocycles. The predicted molar refractivity (Wildman–Crippen MR) is 118 cm³/mol. The number of nitrogens with one attached hydrogen (secondary N) is 1. The molecule has 3 aromatic rings. The molecule has 0 aliphatic heterocycles. The highest BCUT2D eigenvalue weighted by Crippen LogP contribution is 2.37. The Labute approximate surface area is 175 Å². The molecule has 1 aliphatic carbocycles. The van der Waals surface area contributed by atoms with Gasteiger partial charge in [0, 0.05) is 11.9 Å². The number of pyridine rings is 1. The SMILES string of the molecule is CCNC(=O)COC(=O)c1c2c(nc3ccccc13)/C(=C\c1ccc(C)cc1)CC2. The number of aromatic nitrogens is 1. The van der Waals surface area contributed by atoms with Crippen LogP contribution in [0.15, 0.2) is 48.5 Å². The topological polar surface area (TPSA) is 68.3 Å². The van der Waals surface area contributed by atoms with Gasteiger partial charge < -0.3 is 10.1 Å². The molecule has 1 heterocycles. The standard InChI is InChI=1S/C25H24N2O3/c1-3-26-22(28)15-30-25(29)23-19-6-4-5-7-21(19)27-24-18(12-13-20(23)24)14-17-10-8-16(2)9-11-17/h4-11,14H,3,12-13,15H2,1-2H3,(H,26,28)/b18-14-. The summed E-state index contributed by atoms with van der Waals surface area (Å²) in [5.74, 6) is -0.784. The van der Waals surface area contributed by atoms with Gasteiger partial charge in [0.1, 0.15) is 0 Å². The number of carbonyl (C=O) groups is 2. The highest BCUT2D eigenvalue weighted by molar-refractivity contribution is 6.07. The fourth-order valence-electron chi connectivity index (χ4n) is 3.83. The van der Waals surface area contributed by atoms with E-state index >= 15 is 0 Å². The minimum atomic E-state index is -0.479. The van der Waals surface area contributed by atoms with Gasteiger partial charge in [0.15, 0.2) is 6.61 Å². The van der Waals surface area contributed by atoms with Gasteiger partial charge in [-0.1, -0.05) is 48.0 Å². The molecule has 1 aliphatic rings. The smallest absolute Gasteiger partial charge is 0.339 e. The number of nitrogens with zero attached hydrogens (tertiary/aromatic N) is 1. The van der Waals surface area contributed by atoms with E-state index in [9.17, 15) is 9.59 Å². The number of fused-ring (bicyclic) bond motifs is 2. The van der Waals surface area contributed by atoms with E-state index in [4.69, 9.17) is 9.72 Å². The van der Waals surface area contributed by atoms with E-state index in [1.54, 1.807) is 0 Å². The first kappa shape index (κ1) is 19.8. The van der Waals surface area contributed by atoms with Crippen LogP contribution in [-0.2, 0) is 16.0 Å². The van der Waals surface area contributed by atoms with Crippen molar-refractivity contribution in [3.63, 3.8) is 0 Å². The minimum absolute atomic E-state index is 0.288. The molecule has 5 nitrogen and oxygen atoms in total. The molecule has 1 amide bonds. The first-order valence-electron chi connectivity index (χ1n) is 10.2. The lowest BCUT2D eigenvalue weighted by atomic mass is 10.0. The van der Waals surface area contributed by atoms with Crippen molar-refractivity contribution in [2.45, 2.75) is 26.7 Å². The molecular formula is C25H24N2O3. The highest BCUT2D eigenvalue weighted by Gasteiger charge is 2.27. The summed E-state index contributed by atoms with van der Waals surface area (Å²) in [6.45, 7) is 4.10. The second kappa shape index (κ2) is 8.49. The van der Waals surface area contributed by atoms with Crippen molar-refractivity contribution in [1.82, 2.24) is 10.3 Å². The summed E-state index contributed by atoms with van der Waals surface area (Å²) in [5, 5.41) is 3.40. The van der Waals surface area contributed by atoms with Gasteiger partial charge in [0.05, 0.1) is 16.8 Å². The van der Waals surface area contributed by atoms with E-state index < -0.39 is 5.97 Å². The summed E-state index contributed by atoms with van der Waals surface area (Å²) >= 11 is 0. The number of ether oxygens (including phenoxy) is 1. The van der Waals surface area contributed by atoms with Crippen molar-refractivity contribution in [3.8, 4) is 0 Å². The molecule has 1 N–H and O–H groups in total. The predicted octanol–water partition coefficient (Wildman–Crippen LogP) is 4.32. The summed E-state index contributed by atoms with van der Waals surface area (Å²) in [5.41, 5.74) is 6.44. The van der Waals surface area contributed by atoms with Gasteiger partial charge in [0.2, 0.25) is 0 Å². The first-order chi connectivity index (χ1) is 14.6. The molecule has 0 fully saturated rings. The van der Waals surface area contributed by atoms with Crippen molar-refractivity contribution in [2.75, 3.05) is 13.2 Å². The minimum Gasteiger partial charge on any atom is -0.452 e. The zero-order valence-electron chi connectivity index (χ0n) is 17.2. The maximum Gasteiger partial charge on any atom is 0.339 e. The third kappa shape index (κ3) is 3.96. The number of para-hydroxylation sites is 1. The molecule has 0 saturated heterocycles. The Hall–Kier alpha value is -3.47. The average Bonchev–Trinajstić information content (AvgIpc) is 3.14. The van der Waals surface area contributed by atoms with E-state index in [-0.39, 0.29) is 12.5 Å². The maximum absolute atomic E-state index is 13.0. The second-order valence-electron chi connectivity index (χ2n) is 7.44. The van der Waals surface area contributed by atoms with Crippen molar-refractivity contribution in [2.24, 2.45) is 0 Å². The molecule has 4 rings (SSSR count). The number of amides is 1. The number of hydrogen-bond acceptors (Lipinski definition) is 4. The van der Waals surface area contributed by atoms with E-state index in [0.717, 1.165) is 46.1 Å². The Balaban J connectivity index is 1.75. The third-order valence-electron chi connectivity index (χ3n) is 5.27.